The van der Waals surface area contributed by atoms with Gasteiger partial charge in [0.05, 0.1) is 18.0 Å². The third kappa shape index (κ3) is 3.24. The molecule has 4 heterocycles. The fourth-order valence-corrected chi connectivity index (χ4v) is 3.96. The van der Waals surface area contributed by atoms with E-state index in [9.17, 15) is 0 Å². The molecule has 1 saturated heterocycles. The molecule has 0 bridgehead atoms. The number of aromatic nitrogens is 4. The lowest BCUT2D eigenvalue weighted by atomic mass is 10.0. The van der Waals surface area contributed by atoms with E-state index in [0.29, 0.717) is 5.92 Å². The van der Waals surface area contributed by atoms with E-state index in [0.717, 1.165) is 60.1 Å². The molecular weight excluding hydrogens is 330 g/mol. The molecule has 0 aliphatic carbocycles. The van der Waals surface area contributed by atoms with E-state index in [2.05, 4.69) is 33.1 Å². The predicted octanol–water partition coefficient (Wildman–Crippen LogP) is 2.33. The van der Waals surface area contributed by atoms with Gasteiger partial charge >= 0.3 is 0 Å². The van der Waals surface area contributed by atoms with Crippen molar-refractivity contribution in [2.24, 2.45) is 5.92 Å². The van der Waals surface area contributed by atoms with E-state index in [1.807, 2.05) is 30.6 Å². The molecule has 1 aliphatic rings. The molecule has 0 radical (unpaired) electrons. The average molecular weight is 355 g/mol. The van der Waals surface area contributed by atoms with Crippen LogP contribution in [-0.2, 0) is 17.7 Å². The van der Waals surface area contributed by atoms with Crippen molar-refractivity contribution in [1.29, 1.82) is 0 Å². The number of hydrogen-bond acceptors (Lipinski definition) is 6. The third-order valence-corrected chi connectivity index (χ3v) is 5.14. The Morgan fingerprint density at radius 3 is 2.77 bits per heavy atom. The maximum Gasteiger partial charge on any atom is 0.159 e. The van der Waals surface area contributed by atoms with Crippen LogP contribution in [0.15, 0.2) is 22.9 Å². The van der Waals surface area contributed by atoms with E-state index in [1.165, 1.54) is 0 Å². The molecule has 138 valence electrons. The van der Waals surface area contributed by atoms with Crippen molar-refractivity contribution in [3.8, 4) is 0 Å². The monoisotopic (exact) mass is 355 g/mol. The van der Waals surface area contributed by atoms with Gasteiger partial charge in [0.25, 0.3) is 0 Å². The minimum Gasteiger partial charge on any atom is -0.380 e. The van der Waals surface area contributed by atoms with Crippen LogP contribution in [0.4, 0.5) is 0 Å². The summed E-state index contributed by atoms with van der Waals surface area (Å²) in [6, 6.07) is 4.06. The largest absolute Gasteiger partial charge is 0.380 e. The van der Waals surface area contributed by atoms with Crippen molar-refractivity contribution in [3.63, 3.8) is 0 Å². The highest BCUT2D eigenvalue weighted by Gasteiger charge is 2.34. The van der Waals surface area contributed by atoms with Crippen molar-refractivity contribution in [1.82, 2.24) is 24.7 Å². The van der Waals surface area contributed by atoms with Crippen LogP contribution in [0.25, 0.3) is 5.65 Å². The Balaban J connectivity index is 1.50. The van der Waals surface area contributed by atoms with Gasteiger partial charge in [-0.25, -0.2) is 9.50 Å². The summed E-state index contributed by atoms with van der Waals surface area (Å²) in [6.07, 6.45) is 2.98. The lowest BCUT2D eigenvalue weighted by Crippen LogP contribution is -2.23. The molecule has 3 aromatic heterocycles. The SMILES string of the molecule is CO[C@H]1CN(Cc2cnn3c(C)cc(C)nc23)C[C@H]1Cc1cc(C)no1. The molecular formula is C19H25N5O2. The number of hydrogen-bond donors (Lipinski definition) is 0. The van der Waals surface area contributed by atoms with Gasteiger partial charge in [0.2, 0.25) is 0 Å². The topological polar surface area (TPSA) is 68.7 Å². The zero-order valence-corrected chi connectivity index (χ0v) is 15.8. The highest BCUT2D eigenvalue weighted by Crippen LogP contribution is 2.26. The zero-order valence-electron chi connectivity index (χ0n) is 15.8. The Bertz CT molecular complexity index is 916. The van der Waals surface area contributed by atoms with Crippen molar-refractivity contribution in [3.05, 3.63) is 46.7 Å². The van der Waals surface area contributed by atoms with Gasteiger partial charge in [0.1, 0.15) is 5.76 Å². The van der Waals surface area contributed by atoms with E-state index < -0.39 is 0 Å². The van der Waals surface area contributed by atoms with Gasteiger partial charge in [-0.1, -0.05) is 5.16 Å². The second-order valence-corrected chi connectivity index (χ2v) is 7.31. The molecule has 4 rings (SSSR count). The van der Waals surface area contributed by atoms with Crippen molar-refractivity contribution in [2.45, 2.75) is 39.8 Å². The van der Waals surface area contributed by atoms with Gasteiger partial charge in [-0.3, -0.25) is 4.90 Å². The van der Waals surface area contributed by atoms with Crippen LogP contribution >= 0.6 is 0 Å². The molecule has 0 spiro atoms. The van der Waals surface area contributed by atoms with Crippen LogP contribution in [0.3, 0.4) is 0 Å². The normalized spacial score (nSPS) is 21.1. The average Bonchev–Trinajstić information content (AvgIpc) is 3.28. The Labute approximate surface area is 152 Å². The van der Waals surface area contributed by atoms with Crippen molar-refractivity contribution >= 4 is 5.65 Å². The summed E-state index contributed by atoms with van der Waals surface area (Å²) in [7, 11) is 1.79. The minimum atomic E-state index is 0.193. The number of fused-ring (bicyclic) bond motifs is 1. The highest BCUT2D eigenvalue weighted by atomic mass is 16.5. The van der Waals surface area contributed by atoms with E-state index in [4.69, 9.17) is 9.26 Å². The van der Waals surface area contributed by atoms with Crippen LogP contribution in [-0.4, -0.2) is 51.0 Å². The molecule has 2 atom stereocenters. The second kappa shape index (κ2) is 6.81. The summed E-state index contributed by atoms with van der Waals surface area (Å²) in [5, 5.41) is 8.49. The second-order valence-electron chi connectivity index (χ2n) is 7.31. The molecule has 0 N–H and O–H groups in total. The summed E-state index contributed by atoms with van der Waals surface area (Å²) in [5.74, 6) is 1.32. The first-order chi connectivity index (χ1) is 12.5. The molecule has 7 heteroatoms. The summed E-state index contributed by atoms with van der Waals surface area (Å²) in [4.78, 5) is 7.10. The lowest BCUT2D eigenvalue weighted by molar-refractivity contribution is 0.0762. The minimum absolute atomic E-state index is 0.193. The number of methoxy groups -OCH3 is 1. The van der Waals surface area contributed by atoms with Gasteiger partial charge in [0, 0.05) is 62.1 Å². The van der Waals surface area contributed by atoms with Gasteiger partial charge < -0.3 is 9.26 Å². The summed E-state index contributed by atoms with van der Waals surface area (Å²) >= 11 is 0. The molecule has 0 amide bonds. The van der Waals surface area contributed by atoms with E-state index in [1.54, 1.807) is 7.11 Å². The van der Waals surface area contributed by atoms with Crippen molar-refractivity contribution < 1.29 is 9.26 Å². The van der Waals surface area contributed by atoms with Gasteiger partial charge in [-0.15, -0.1) is 0 Å². The number of ether oxygens (including phenoxy) is 1. The maximum absolute atomic E-state index is 5.74. The first kappa shape index (κ1) is 17.2. The quantitative estimate of drug-likeness (QED) is 0.700. The molecule has 7 nitrogen and oxygen atoms in total. The molecule has 3 aromatic rings. The van der Waals surface area contributed by atoms with Gasteiger partial charge in [0.15, 0.2) is 5.65 Å². The van der Waals surface area contributed by atoms with E-state index in [-0.39, 0.29) is 6.10 Å². The Hall–Kier alpha value is -2.25. The Morgan fingerprint density at radius 2 is 2.04 bits per heavy atom. The third-order valence-electron chi connectivity index (χ3n) is 5.14. The van der Waals surface area contributed by atoms with Gasteiger partial charge in [-0.05, 0) is 26.8 Å². The number of likely N-dealkylation sites (tertiary alicyclic amines) is 1. The predicted molar refractivity (Wildman–Crippen MR) is 97.0 cm³/mol. The van der Waals surface area contributed by atoms with Crippen LogP contribution in [0.1, 0.15) is 28.4 Å². The highest BCUT2D eigenvalue weighted by molar-refractivity contribution is 5.47. The molecule has 26 heavy (non-hydrogen) atoms. The van der Waals surface area contributed by atoms with E-state index >= 15 is 0 Å². The van der Waals surface area contributed by atoms with Crippen LogP contribution in [0.5, 0.6) is 0 Å². The fraction of sp³-hybridized carbons (Fsp3) is 0.526. The van der Waals surface area contributed by atoms with Crippen molar-refractivity contribution in [2.75, 3.05) is 20.2 Å². The lowest BCUT2D eigenvalue weighted by Gasteiger charge is -2.14. The number of aryl methyl sites for hydroxylation is 3. The number of rotatable bonds is 5. The number of nitrogens with zero attached hydrogens (tertiary/aromatic N) is 5. The first-order valence-electron chi connectivity index (χ1n) is 9.01. The molecule has 0 aromatic carbocycles. The molecule has 0 saturated carbocycles. The zero-order chi connectivity index (χ0) is 18.3. The molecule has 1 aliphatic heterocycles. The maximum atomic E-state index is 5.74. The van der Waals surface area contributed by atoms with Crippen LogP contribution in [0, 0.1) is 26.7 Å². The summed E-state index contributed by atoms with van der Waals surface area (Å²) in [6.45, 7) is 8.71. The first-order valence-corrected chi connectivity index (χ1v) is 9.01. The van der Waals surface area contributed by atoms with Crippen LogP contribution < -0.4 is 0 Å². The summed E-state index contributed by atoms with van der Waals surface area (Å²) in [5.41, 5.74) is 5.15. The molecule has 1 fully saturated rings. The fourth-order valence-electron chi connectivity index (χ4n) is 3.96. The summed E-state index contributed by atoms with van der Waals surface area (Å²) < 4.78 is 13.1. The van der Waals surface area contributed by atoms with Gasteiger partial charge in [-0.2, -0.15) is 5.10 Å². The Morgan fingerprint density at radius 1 is 1.19 bits per heavy atom. The Kier molecular flexibility index (Phi) is 4.50. The van der Waals surface area contributed by atoms with Crippen LogP contribution in [0.2, 0.25) is 0 Å². The smallest absolute Gasteiger partial charge is 0.159 e. The standard InChI is InChI=1S/C19H25N5O2/c1-12-5-14(3)24-19(21-12)16(8-20-24)10-23-9-15(18(11-23)25-4)7-17-6-13(2)22-26-17/h5-6,8,15,18H,7,9-11H2,1-4H3/t15-,18+/m1/s1. The molecule has 0 unspecified atom stereocenters.